The highest BCUT2D eigenvalue weighted by Crippen LogP contribution is 2.13. The molecule has 1 aromatic carbocycles. The number of benzene rings is 1. The molecule has 1 rings (SSSR count). The number of aryl methyl sites for hydroxylation is 1. The van der Waals surface area contributed by atoms with Gasteiger partial charge in [-0.25, -0.2) is 0 Å². The molecule has 0 aromatic heterocycles. The maximum absolute atomic E-state index is 9.63. The van der Waals surface area contributed by atoms with Crippen LogP contribution in [-0.2, 0) is 4.74 Å². The molecule has 0 heterocycles. The highest BCUT2D eigenvalue weighted by atomic mass is 16.5. The van der Waals surface area contributed by atoms with Crippen LogP contribution in [0.15, 0.2) is 24.3 Å². The van der Waals surface area contributed by atoms with Crippen molar-refractivity contribution in [3.8, 4) is 0 Å². The van der Waals surface area contributed by atoms with Gasteiger partial charge in [-0.3, -0.25) is 0 Å². The van der Waals surface area contributed by atoms with Crippen molar-refractivity contribution < 1.29 is 14.9 Å². The van der Waals surface area contributed by atoms with Gasteiger partial charge < -0.3 is 14.9 Å². The highest BCUT2D eigenvalue weighted by molar-refractivity contribution is 5.22. The lowest BCUT2D eigenvalue weighted by Gasteiger charge is -2.11. The summed E-state index contributed by atoms with van der Waals surface area (Å²) in [5, 5.41) is 18.1. The van der Waals surface area contributed by atoms with Gasteiger partial charge >= 0.3 is 0 Å². The maximum Gasteiger partial charge on any atom is 0.102 e. The van der Waals surface area contributed by atoms with Crippen LogP contribution >= 0.6 is 0 Å². The summed E-state index contributed by atoms with van der Waals surface area (Å²) in [4.78, 5) is 0. The van der Waals surface area contributed by atoms with Crippen LogP contribution in [-0.4, -0.2) is 30.0 Å². The Morgan fingerprint density at radius 3 is 2.50 bits per heavy atom. The van der Waals surface area contributed by atoms with Crippen LogP contribution in [0.1, 0.15) is 17.2 Å². The average molecular weight is 196 g/mol. The van der Waals surface area contributed by atoms with Gasteiger partial charge in [-0.2, -0.15) is 0 Å². The van der Waals surface area contributed by atoms with Gasteiger partial charge in [-0.1, -0.05) is 29.8 Å². The minimum atomic E-state index is -0.609. The van der Waals surface area contributed by atoms with Gasteiger partial charge in [0.25, 0.3) is 0 Å². The molecular weight excluding hydrogens is 180 g/mol. The molecule has 78 valence electrons. The first-order chi connectivity index (χ1) is 6.74. The Hall–Kier alpha value is -0.900. The van der Waals surface area contributed by atoms with E-state index in [1.807, 2.05) is 31.2 Å². The summed E-state index contributed by atoms with van der Waals surface area (Å²) in [7, 11) is 0. The second kappa shape index (κ2) is 5.75. The van der Waals surface area contributed by atoms with Gasteiger partial charge in [0.15, 0.2) is 0 Å². The van der Waals surface area contributed by atoms with Crippen LogP contribution < -0.4 is 0 Å². The Morgan fingerprint density at radius 2 is 1.93 bits per heavy atom. The molecule has 1 unspecified atom stereocenters. The molecule has 3 heteroatoms. The molecule has 0 aliphatic heterocycles. The van der Waals surface area contributed by atoms with Crippen molar-refractivity contribution in [2.45, 2.75) is 13.0 Å². The second-order valence-corrected chi connectivity index (χ2v) is 3.23. The van der Waals surface area contributed by atoms with Crippen LogP contribution in [0.4, 0.5) is 0 Å². The molecule has 1 atom stereocenters. The molecule has 3 nitrogen and oxygen atoms in total. The van der Waals surface area contributed by atoms with Crippen LogP contribution in [0, 0.1) is 6.92 Å². The molecule has 14 heavy (non-hydrogen) atoms. The van der Waals surface area contributed by atoms with Crippen molar-refractivity contribution >= 4 is 0 Å². The Balaban J connectivity index is 2.43. The predicted octanol–water partition coefficient (Wildman–Crippen LogP) is 1.04. The fraction of sp³-hybridized carbons (Fsp3) is 0.455. The smallest absolute Gasteiger partial charge is 0.102 e. The molecule has 0 aliphatic rings. The number of hydrogen-bond acceptors (Lipinski definition) is 3. The SMILES string of the molecule is Cc1ccc(C(O)COCCO)cc1. The van der Waals surface area contributed by atoms with E-state index in [1.165, 1.54) is 0 Å². The second-order valence-electron chi connectivity index (χ2n) is 3.23. The van der Waals surface area contributed by atoms with Gasteiger partial charge in [0, 0.05) is 0 Å². The Bertz CT molecular complexity index is 256. The molecule has 0 fully saturated rings. The van der Waals surface area contributed by atoms with Gasteiger partial charge in [0.05, 0.1) is 19.8 Å². The quantitative estimate of drug-likeness (QED) is 0.692. The third kappa shape index (κ3) is 3.46. The van der Waals surface area contributed by atoms with Gasteiger partial charge in [0.1, 0.15) is 6.10 Å². The van der Waals surface area contributed by atoms with E-state index in [0.29, 0.717) is 0 Å². The van der Waals surface area contributed by atoms with Crippen LogP contribution in [0.3, 0.4) is 0 Å². The van der Waals surface area contributed by atoms with Crippen molar-refractivity contribution in [1.82, 2.24) is 0 Å². The van der Waals surface area contributed by atoms with Crippen molar-refractivity contribution in [2.24, 2.45) is 0 Å². The third-order valence-corrected chi connectivity index (χ3v) is 1.97. The molecule has 0 bridgehead atoms. The molecule has 0 saturated carbocycles. The zero-order chi connectivity index (χ0) is 10.4. The van der Waals surface area contributed by atoms with Gasteiger partial charge in [0.2, 0.25) is 0 Å². The van der Waals surface area contributed by atoms with Crippen molar-refractivity contribution in [1.29, 1.82) is 0 Å². The number of hydrogen-bond donors (Lipinski definition) is 2. The lowest BCUT2D eigenvalue weighted by molar-refractivity contribution is 0.0206. The van der Waals surface area contributed by atoms with E-state index < -0.39 is 6.10 Å². The molecule has 0 spiro atoms. The van der Waals surface area contributed by atoms with E-state index in [2.05, 4.69) is 0 Å². The third-order valence-electron chi connectivity index (χ3n) is 1.97. The van der Waals surface area contributed by atoms with E-state index in [0.717, 1.165) is 11.1 Å². The van der Waals surface area contributed by atoms with Crippen LogP contribution in [0.2, 0.25) is 0 Å². The van der Waals surface area contributed by atoms with Crippen molar-refractivity contribution in [3.63, 3.8) is 0 Å². The van der Waals surface area contributed by atoms with E-state index >= 15 is 0 Å². The molecule has 0 saturated heterocycles. The first kappa shape index (κ1) is 11.2. The van der Waals surface area contributed by atoms with Crippen molar-refractivity contribution in [3.05, 3.63) is 35.4 Å². The summed E-state index contributed by atoms with van der Waals surface area (Å²) in [5.74, 6) is 0. The summed E-state index contributed by atoms with van der Waals surface area (Å²) in [6.07, 6.45) is -0.609. The summed E-state index contributed by atoms with van der Waals surface area (Å²) in [6.45, 7) is 2.48. The minimum absolute atomic E-state index is 0.0133. The Morgan fingerprint density at radius 1 is 1.29 bits per heavy atom. The Kier molecular flexibility index (Phi) is 4.59. The fourth-order valence-corrected chi connectivity index (χ4v) is 1.14. The molecule has 0 radical (unpaired) electrons. The standard InChI is InChI=1S/C11H16O3/c1-9-2-4-10(5-3-9)11(13)8-14-7-6-12/h2-5,11-13H,6-8H2,1H3. The summed E-state index contributed by atoms with van der Waals surface area (Å²) >= 11 is 0. The topological polar surface area (TPSA) is 49.7 Å². The first-order valence-corrected chi connectivity index (χ1v) is 4.67. The minimum Gasteiger partial charge on any atom is -0.394 e. The van der Waals surface area contributed by atoms with E-state index in [9.17, 15) is 5.11 Å². The molecule has 2 N–H and O–H groups in total. The molecule has 1 aromatic rings. The summed E-state index contributed by atoms with van der Waals surface area (Å²) in [6, 6.07) is 7.65. The summed E-state index contributed by atoms with van der Waals surface area (Å²) in [5.41, 5.74) is 2.01. The summed E-state index contributed by atoms with van der Waals surface area (Å²) < 4.78 is 5.03. The highest BCUT2D eigenvalue weighted by Gasteiger charge is 2.06. The van der Waals surface area contributed by atoms with E-state index in [-0.39, 0.29) is 19.8 Å². The fourth-order valence-electron chi connectivity index (χ4n) is 1.14. The molecular formula is C11H16O3. The lowest BCUT2D eigenvalue weighted by atomic mass is 10.1. The van der Waals surface area contributed by atoms with Gasteiger partial charge in [-0.05, 0) is 12.5 Å². The first-order valence-electron chi connectivity index (χ1n) is 4.67. The largest absolute Gasteiger partial charge is 0.394 e. The average Bonchev–Trinajstić information content (AvgIpc) is 2.19. The monoisotopic (exact) mass is 196 g/mol. The number of aliphatic hydroxyl groups excluding tert-OH is 2. The Labute approximate surface area is 84.0 Å². The van der Waals surface area contributed by atoms with E-state index in [1.54, 1.807) is 0 Å². The normalized spacial score (nSPS) is 12.8. The van der Waals surface area contributed by atoms with E-state index in [4.69, 9.17) is 9.84 Å². The maximum atomic E-state index is 9.63. The number of rotatable bonds is 5. The van der Waals surface area contributed by atoms with Crippen molar-refractivity contribution in [2.75, 3.05) is 19.8 Å². The zero-order valence-corrected chi connectivity index (χ0v) is 8.31. The molecule has 0 aliphatic carbocycles. The zero-order valence-electron chi connectivity index (χ0n) is 8.31. The number of ether oxygens (including phenoxy) is 1. The lowest BCUT2D eigenvalue weighted by Crippen LogP contribution is -2.09. The molecule has 0 amide bonds. The van der Waals surface area contributed by atoms with Crippen LogP contribution in [0.5, 0.6) is 0 Å². The predicted molar refractivity (Wildman–Crippen MR) is 54.0 cm³/mol. The van der Waals surface area contributed by atoms with Crippen LogP contribution in [0.25, 0.3) is 0 Å². The number of aliphatic hydroxyl groups is 2. The van der Waals surface area contributed by atoms with Gasteiger partial charge in [-0.15, -0.1) is 0 Å².